The lowest BCUT2D eigenvalue weighted by molar-refractivity contribution is -0.121. The average Bonchev–Trinajstić information content (AvgIpc) is 2.72. The molecule has 0 fully saturated rings. The molecule has 8 heteroatoms. The minimum absolute atomic E-state index is 0.0479. The van der Waals surface area contributed by atoms with E-state index in [-0.39, 0.29) is 24.7 Å². The maximum Gasteiger partial charge on any atom is 0.358 e. The molecule has 112 valence electrons. The molecule has 0 aromatic carbocycles. The number of nitrogens with two attached hydrogens (primary N) is 1. The molecule has 1 rings (SSSR count). The van der Waals surface area contributed by atoms with Gasteiger partial charge in [0.2, 0.25) is 5.91 Å². The minimum Gasteiger partial charge on any atom is -0.476 e. The van der Waals surface area contributed by atoms with Crippen molar-refractivity contribution in [2.45, 2.75) is 33.2 Å². The van der Waals surface area contributed by atoms with Crippen molar-refractivity contribution in [3.05, 3.63) is 11.4 Å². The highest BCUT2D eigenvalue weighted by Gasteiger charge is 2.19. The smallest absolute Gasteiger partial charge is 0.358 e. The Kier molecular flexibility index (Phi) is 6.10. The number of aromatic nitrogens is 3. The lowest BCUT2D eigenvalue weighted by Crippen LogP contribution is -2.30. The van der Waals surface area contributed by atoms with Crippen LogP contribution in [0.4, 0.5) is 0 Å². The van der Waals surface area contributed by atoms with Crippen LogP contribution >= 0.6 is 0 Å². The topological polar surface area (TPSA) is 123 Å². The Hall–Kier alpha value is -1.96. The summed E-state index contributed by atoms with van der Waals surface area (Å²) in [5, 5.41) is 19.0. The van der Waals surface area contributed by atoms with E-state index in [1.54, 1.807) is 0 Å². The highest BCUT2D eigenvalue weighted by Crippen LogP contribution is 2.06. The molecule has 0 saturated carbocycles. The van der Waals surface area contributed by atoms with Crippen LogP contribution in [0.15, 0.2) is 0 Å². The predicted octanol–water partition coefficient (Wildman–Crippen LogP) is -0.360. The zero-order valence-corrected chi connectivity index (χ0v) is 11.8. The molecule has 1 aromatic rings. The first kappa shape index (κ1) is 16.1. The van der Waals surface area contributed by atoms with E-state index in [1.807, 2.05) is 0 Å². The van der Waals surface area contributed by atoms with Gasteiger partial charge in [-0.2, -0.15) is 0 Å². The summed E-state index contributed by atoms with van der Waals surface area (Å²) in [6.07, 6.45) is 1.20. The van der Waals surface area contributed by atoms with Crippen LogP contribution in [0.3, 0.4) is 0 Å². The number of carbonyl (C=O) groups excluding carboxylic acids is 1. The van der Waals surface area contributed by atoms with E-state index in [9.17, 15) is 9.59 Å². The number of amides is 1. The first-order valence-corrected chi connectivity index (χ1v) is 6.58. The summed E-state index contributed by atoms with van der Waals surface area (Å²) in [4.78, 5) is 22.7. The van der Waals surface area contributed by atoms with Crippen molar-refractivity contribution in [2.75, 3.05) is 13.1 Å². The molecule has 0 aliphatic carbocycles. The Balaban J connectivity index is 2.67. The van der Waals surface area contributed by atoms with Crippen LogP contribution in [-0.4, -0.2) is 45.1 Å². The standard InChI is InChI=1S/C12H21N5O3/c1-8(2)4-6-14-10(18)7-17-9(3-5-13)11(12(19)20)15-16-17/h8H,3-7,13H2,1-2H3,(H,14,18)(H,19,20). The van der Waals surface area contributed by atoms with Crippen molar-refractivity contribution in [2.24, 2.45) is 11.7 Å². The fourth-order valence-electron chi connectivity index (χ4n) is 1.70. The van der Waals surface area contributed by atoms with Crippen LogP contribution in [0.2, 0.25) is 0 Å². The summed E-state index contributed by atoms with van der Waals surface area (Å²) in [5.41, 5.74) is 5.67. The molecule has 4 N–H and O–H groups in total. The van der Waals surface area contributed by atoms with Crippen molar-refractivity contribution in [3.63, 3.8) is 0 Å². The highest BCUT2D eigenvalue weighted by molar-refractivity contribution is 5.86. The molecule has 0 spiro atoms. The first-order valence-electron chi connectivity index (χ1n) is 6.58. The molecular weight excluding hydrogens is 262 g/mol. The summed E-state index contributed by atoms with van der Waals surface area (Å²) in [6, 6.07) is 0. The molecule has 1 amide bonds. The van der Waals surface area contributed by atoms with Crippen molar-refractivity contribution in [1.82, 2.24) is 20.3 Å². The zero-order valence-electron chi connectivity index (χ0n) is 11.8. The number of aromatic carboxylic acids is 1. The third-order valence-corrected chi connectivity index (χ3v) is 2.76. The fraction of sp³-hybridized carbons (Fsp3) is 0.667. The van der Waals surface area contributed by atoms with Gasteiger partial charge in [0.15, 0.2) is 5.69 Å². The maximum atomic E-state index is 11.8. The van der Waals surface area contributed by atoms with E-state index in [0.717, 1.165) is 6.42 Å². The second-order valence-corrected chi connectivity index (χ2v) is 4.92. The quantitative estimate of drug-likeness (QED) is 0.598. The van der Waals surface area contributed by atoms with Gasteiger partial charge in [-0.25, -0.2) is 9.48 Å². The van der Waals surface area contributed by atoms with Crippen molar-refractivity contribution >= 4 is 11.9 Å². The van der Waals surface area contributed by atoms with E-state index in [2.05, 4.69) is 29.5 Å². The number of hydrogen-bond donors (Lipinski definition) is 3. The second kappa shape index (κ2) is 7.59. The molecule has 20 heavy (non-hydrogen) atoms. The number of nitrogens with one attached hydrogen (secondary N) is 1. The molecule has 0 aliphatic rings. The molecular formula is C12H21N5O3. The van der Waals surface area contributed by atoms with Gasteiger partial charge in [-0.3, -0.25) is 4.79 Å². The third kappa shape index (κ3) is 4.61. The first-order chi connectivity index (χ1) is 9.45. The minimum atomic E-state index is -1.17. The maximum absolute atomic E-state index is 11.8. The van der Waals surface area contributed by atoms with Crippen LogP contribution in [0.5, 0.6) is 0 Å². The average molecular weight is 283 g/mol. The summed E-state index contributed by atoms with van der Waals surface area (Å²) in [6.45, 7) is 4.95. The van der Waals surface area contributed by atoms with Crippen LogP contribution in [0.25, 0.3) is 0 Å². The van der Waals surface area contributed by atoms with Gasteiger partial charge in [0.1, 0.15) is 6.54 Å². The lowest BCUT2D eigenvalue weighted by Gasteiger charge is -2.08. The fourth-order valence-corrected chi connectivity index (χ4v) is 1.70. The Labute approximate surface area is 117 Å². The Morgan fingerprint density at radius 2 is 2.15 bits per heavy atom. The number of hydrogen-bond acceptors (Lipinski definition) is 5. The molecule has 8 nitrogen and oxygen atoms in total. The summed E-state index contributed by atoms with van der Waals surface area (Å²) in [5.74, 6) is -0.876. The molecule has 0 unspecified atom stereocenters. The van der Waals surface area contributed by atoms with Gasteiger partial charge in [0.05, 0.1) is 5.69 Å². The normalized spacial score (nSPS) is 10.8. The number of carbonyl (C=O) groups is 2. The Bertz CT molecular complexity index is 470. The lowest BCUT2D eigenvalue weighted by atomic mass is 10.1. The molecule has 0 saturated heterocycles. The summed E-state index contributed by atoms with van der Waals surface area (Å²) in [7, 11) is 0. The van der Waals surface area contributed by atoms with E-state index in [1.165, 1.54) is 4.68 Å². The molecule has 1 heterocycles. The second-order valence-electron chi connectivity index (χ2n) is 4.92. The number of carboxylic acids is 1. The van der Waals surface area contributed by atoms with Crippen LogP contribution in [-0.2, 0) is 17.8 Å². The predicted molar refractivity (Wildman–Crippen MR) is 72.2 cm³/mol. The van der Waals surface area contributed by atoms with Crippen molar-refractivity contribution in [3.8, 4) is 0 Å². The van der Waals surface area contributed by atoms with Crippen LogP contribution in [0, 0.1) is 5.92 Å². The Morgan fingerprint density at radius 3 is 2.70 bits per heavy atom. The van der Waals surface area contributed by atoms with Gasteiger partial charge in [-0.05, 0) is 18.9 Å². The Morgan fingerprint density at radius 1 is 1.45 bits per heavy atom. The van der Waals surface area contributed by atoms with Crippen LogP contribution in [0.1, 0.15) is 36.5 Å². The molecule has 0 aliphatic heterocycles. The molecule has 1 aromatic heterocycles. The molecule has 0 bridgehead atoms. The number of rotatable bonds is 8. The summed E-state index contributed by atoms with van der Waals surface area (Å²) < 4.78 is 1.29. The van der Waals surface area contributed by atoms with E-state index in [0.29, 0.717) is 24.6 Å². The highest BCUT2D eigenvalue weighted by atomic mass is 16.4. The monoisotopic (exact) mass is 283 g/mol. The van der Waals surface area contributed by atoms with Gasteiger partial charge < -0.3 is 16.2 Å². The van der Waals surface area contributed by atoms with Crippen LogP contribution < -0.4 is 11.1 Å². The SMILES string of the molecule is CC(C)CCNC(=O)Cn1nnc(C(=O)O)c1CCN. The third-order valence-electron chi connectivity index (χ3n) is 2.76. The van der Waals surface area contributed by atoms with Crippen molar-refractivity contribution in [1.29, 1.82) is 0 Å². The van der Waals surface area contributed by atoms with Gasteiger partial charge in [-0.1, -0.05) is 19.1 Å². The van der Waals surface area contributed by atoms with E-state index >= 15 is 0 Å². The molecule has 0 atom stereocenters. The van der Waals surface area contributed by atoms with Gasteiger partial charge in [0.25, 0.3) is 0 Å². The summed E-state index contributed by atoms with van der Waals surface area (Å²) >= 11 is 0. The number of carboxylic acid groups (broad SMARTS) is 1. The van der Waals surface area contributed by atoms with Crippen molar-refractivity contribution < 1.29 is 14.7 Å². The van der Waals surface area contributed by atoms with E-state index in [4.69, 9.17) is 10.8 Å². The molecule has 0 radical (unpaired) electrons. The van der Waals surface area contributed by atoms with Gasteiger partial charge in [0, 0.05) is 13.0 Å². The zero-order chi connectivity index (χ0) is 15.1. The van der Waals surface area contributed by atoms with Gasteiger partial charge in [-0.15, -0.1) is 5.10 Å². The van der Waals surface area contributed by atoms with Gasteiger partial charge >= 0.3 is 5.97 Å². The number of nitrogens with zero attached hydrogens (tertiary/aromatic N) is 3. The van der Waals surface area contributed by atoms with E-state index < -0.39 is 5.97 Å². The largest absolute Gasteiger partial charge is 0.476 e.